The third-order valence-electron chi connectivity index (χ3n) is 9.74. The van der Waals surface area contributed by atoms with Gasteiger partial charge in [0.15, 0.2) is 0 Å². The van der Waals surface area contributed by atoms with Crippen molar-refractivity contribution in [3.63, 3.8) is 0 Å². The molecule has 10 rings (SSSR count). The molecule has 2 heterocycles. The summed E-state index contributed by atoms with van der Waals surface area (Å²) < 4.78 is 5.07. The van der Waals surface area contributed by atoms with Gasteiger partial charge >= 0.3 is 0 Å². The zero-order chi connectivity index (χ0) is 32.3. The summed E-state index contributed by atoms with van der Waals surface area (Å²) in [5.41, 5.74) is 10.5. The first-order valence-electron chi connectivity index (χ1n) is 16.7. The number of para-hydroxylation sites is 2. The highest BCUT2D eigenvalue weighted by molar-refractivity contribution is 7.25. The van der Waals surface area contributed by atoms with E-state index in [0.29, 0.717) is 0 Å². The van der Waals surface area contributed by atoms with Gasteiger partial charge in [-0.15, -0.1) is 11.3 Å². The maximum atomic E-state index is 3.71. The molecule has 230 valence electrons. The second-order valence-corrected chi connectivity index (χ2v) is 13.8. The number of benzene rings is 8. The lowest BCUT2D eigenvalue weighted by Crippen LogP contribution is -1.94. The van der Waals surface area contributed by atoms with Crippen LogP contribution >= 0.6 is 11.3 Å². The Hall–Kier alpha value is -6.16. The highest BCUT2D eigenvalue weighted by Gasteiger charge is 2.17. The van der Waals surface area contributed by atoms with Gasteiger partial charge in [0.25, 0.3) is 0 Å². The molecule has 10 aromatic rings. The number of rotatable bonds is 5. The number of fused-ring (bicyclic) bond motifs is 7. The Morgan fingerprint density at radius 2 is 1.16 bits per heavy atom. The van der Waals surface area contributed by atoms with E-state index < -0.39 is 0 Å². The number of hydrogen-bond donors (Lipinski definition) is 1. The van der Waals surface area contributed by atoms with Crippen LogP contribution in [0.4, 0.5) is 11.4 Å². The van der Waals surface area contributed by atoms with Crippen LogP contribution in [0.15, 0.2) is 176 Å². The summed E-state index contributed by atoms with van der Waals surface area (Å²) in [7, 11) is 0. The number of anilines is 2. The second-order valence-electron chi connectivity index (χ2n) is 12.7. The van der Waals surface area contributed by atoms with E-state index in [1.807, 2.05) is 11.3 Å². The van der Waals surface area contributed by atoms with Crippen molar-refractivity contribution in [3.8, 4) is 27.9 Å². The molecule has 0 radical (unpaired) electrons. The normalized spacial score (nSPS) is 11.7. The highest BCUT2D eigenvalue weighted by Crippen LogP contribution is 2.42. The van der Waals surface area contributed by atoms with Crippen molar-refractivity contribution in [2.45, 2.75) is 0 Å². The number of thiophene rings is 1. The molecule has 0 aliphatic carbocycles. The van der Waals surface area contributed by atoms with Crippen LogP contribution in [0.1, 0.15) is 0 Å². The molecule has 49 heavy (non-hydrogen) atoms. The minimum absolute atomic E-state index is 1.08. The molecule has 0 atom stereocenters. The smallest absolute Gasteiger partial charge is 0.0548 e. The molecule has 1 N–H and O–H groups in total. The van der Waals surface area contributed by atoms with E-state index in [1.54, 1.807) is 0 Å². The molecule has 0 saturated carbocycles. The summed E-state index contributed by atoms with van der Waals surface area (Å²) in [5, 5.41) is 11.4. The average molecular weight is 643 g/mol. The zero-order valence-electron chi connectivity index (χ0n) is 26.6. The molecular formula is C46H30N2S. The Labute approximate surface area is 288 Å². The SMILES string of the molecule is c1ccc(-n2c3ccc(-c4cccc(-c5ccccc5Nc5ccc6ccccc6c5)c4)cc3c3cc4sc5ccccc5c4cc32)cc1. The molecule has 8 aromatic carbocycles. The van der Waals surface area contributed by atoms with Crippen LogP contribution in [-0.4, -0.2) is 4.57 Å². The van der Waals surface area contributed by atoms with E-state index in [1.165, 1.54) is 80.7 Å². The topological polar surface area (TPSA) is 17.0 Å². The molecule has 2 nitrogen and oxygen atoms in total. The minimum Gasteiger partial charge on any atom is -0.355 e. The third-order valence-corrected chi connectivity index (χ3v) is 10.9. The number of nitrogens with zero attached hydrogens (tertiary/aromatic N) is 1. The van der Waals surface area contributed by atoms with Crippen molar-refractivity contribution in [1.29, 1.82) is 0 Å². The predicted octanol–water partition coefficient (Wildman–Crippen LogP) is 13.4. The van der Waals surface area contributed by atoms with Crippen molar-refractivity contribution in [3.05, 3.63) is 176 Å². The first-order valence-corrected chi connectivity index (χ1v) is 17.5. The molecule has 0 unspecified atom stereocenters. The quantitative estimate of drug-likeness (QED) is 0.198. The summed E-state index contributed by atoms with van der Waals surface area (Å²) in [6.07, 6.45) is 0. The Morgan fingerprint density at radius 3 is 2.10 bits per heavy atom. The van der Waals surface area contributed by atoms with E-state index in [2.05, 4.69) is 186 Å². The molecule has 3 heteroatoms. The third kappa shape index (κ3) is 4.70. The lowest BCUT2D eigenvalue weighted by Gasteiger charge is -2.14. The maximum absolute atomic E-state index is 3.71. The van der Waals surface area contributed by atoms with Gasteiger partial charge < -0.3 is 9.88 Å². The molecule has 0 aliphatic rings. The van der Waals surface area contributed by atoms with Crippen LogP contribution in [0.25, 0.3) is 80.7 Å². The van der Waals surface area contributed by atoms with E-state index in [4.69, 9.17) is 0 Å². The Bertz CT molecular complexity index is 2860. The van der Waals surface area contributed by atoms with Gasteiger partial charge in [-0.25, -0.2) is 0 Å². The Kier molecular flexibility index (Phi) is 6.39. The predicted molar refractivity (Wildman–Crippen MR) is 212 cm³/mol. The van der Waals surface area contributed by atoms with Gasteiger partial charge in [-0.05, 0) is 94.2 Å². The van der Waals surface area contributed by atoms with Crippen molar-refractivity contribution in [2.75, 3.05) is 5.32 Å². The van der Waals surface area contributed by atoms with Crippen LogP contribution in [0.2, 0.25) is 0 Å². The Balaban J connectivity index is 1.10. The lowest BCUT2D eigenvalue weighted by atomic mass is 9.97. The molecule has 0 spiro atoms. The van der Waals surface area contributed by atoms with Crippen LogP contribution < -0.4 is 5.32 Å². The fourth-order valence-electron chi connectivity index (χ4n) is 7.40. The molecule has 0 aliphatic heterocycles. The standard InChI is InChI=1S/C46H30N2S/c1-2-15-36(16-3-1)48-43-24-22-33(27-39(43)40-29-46-41(28-44(40)48)38-18-7-9-20-45(38)49-46)31-13-10-14-34(25-31)37-17-6-8-19-42(37)47-35-23-21-30-11-4-5-12-32(30)26-35/h1-29,47H. The second kappa shape index (κ2) is 11.2. The Morgan fingerprint density at radius 1 is 0.408 bits per heavy atom. The van der Waals surface area contributed by atoms with Crippen molar-refractivity contribution in [2.24, 2.45) is 0 Å². The summed E-state index contributed by atoms with van der Waals surface area (Å²) >= 11 is 1.88. The van der Waals surface area contributed by atoms with Crippen molar-refractivity contribution >= 4 is 75.5 Å². The fraction of sp³-hybridized carbons (Fsp3) is 0. The van der Waals surface area contributed by atoms with Gasteiger partial charge in [0.2, 0.25) is 0 Å². The van der Waals surface area contributed by atoms with Crippen molar-refractivity contribution < 1.29 is 0 Å². The van der Waals surface area contributed by atoms with Crippen LogP contribution in [0.3, 0.4) is 0 Å². The summed E-state index contributed by atoms with van der Waals surface area (Å²) in [6.45, 7) is 0. The molecule has 0 amide bonds. The van der Waals surface area contributed by atoms with E-state index in [-0.39, 0.29) is 0 Å². The maximum Gasteiger partial charge on any atom is 0.0548 e. The zero-order valence-corrected chi connectivity index (χ0v) is 27.4. The van der Waals surface area contributed by atoms with Gasteiger partial charge in [-0.1, -0.05) is 109 Å². The number of hydrogen-bond acceptors (Lipinski definition) is 2. The van der Waals surface area contributed by atoms with Gasteiger partial charge in [0, 0.05) is 53.6 Å². The van der Waals surface area contributed by atoms with Crippen molar-refractivity contribution in [1.82, 2.24) is 4.57 Å². The average Bonchev–Trinajstić information content (AvgIpc) is 3.69. The summed E-state index contributed by atoms with van der Waals surface area (Å²) in [4.78, 5) is 0. The largest absolute Gasteiger partial charge is 0.355 e. The van der Waals surface area contributed by atoms with E-state index >= 15 is 0 Å². The molecular weight excluding hydrogens is 613 g/mol. The lowest BCUT2D eigenvalue weighted by molar-refractivity contribution is 1.18. The minimum atomic E-state index is 1.08. The monoisotopic (exact) mass is 642 g/mol. The fourth-order valence-corrected chi connectivity index (χ4v) is 8.53. The summed E-state index contributed by atoms with van der Waals surface area (Å²) in [6, 6.07) is 63.8. The highest BCUT2D eigenvalue weighted by atomic mass is 32.1. The molecule has 0 fully saturated rings. The van der Waals surface area contributed by atoms with Gasteiger partial charge in [-0.2, -0.15) is 0 Å². The molecule has 0 bridgehead atoms. The van der Waals surface area contributed by atoms with Crippen LogP contribution in [-0.2, 0) is 0 Å². The molecule has 2 aromatic heterocycles. The van der Waals surface area contributed by atoms with Crippen LogP contribution in [0, 0.1) is 0 Å². The van der Waals surface area contributed by atoms with Gasteiger partial charge in [0.1, 0.15) is 0 Å². The number of nitrogens with one attached hydrogen (secondary N) is 1. The van der Waals surface area contributed by atoms with E-state index in [9.17, 15) is 0 Å². The number of aromatic nitrogens is 1. The van der Waals surface area contributed by atoms with Crippen LogP contribution in [0.5, 0.6) is 0 Å². The van der Waals surface area contributed by atoms with Gasteiger partial charge in [0.05, 0.1) is 11.0 Å². The first-order chi connectivity index (χ1) is 24.3. The van der Waals surface area contributed by atoms with Gasteiger partial charge in [-0.3, -0.25) is 0 Å². The van der Waals surface area contributed by atoms with E-state index in [0.717, 1.165) is 11.4 Å². The first kappa shape index (κ1) is 27.9. The molecule has 0 saturated heterocycles. The summed E-state index contributed by atoms with van der Waals surface area (Å²) in [5.74, 6) is 0.